The molecule has 0 aliphatic rings. The number of carbonyl (C=O) groups is 1. The van der Waals surface area contributed by atoms with Crippen molar-refractivity contribution in [2.45, 2.75) is 51.9 Å². The summed E-state index contributed by atoms with van der Waals surface area (Å²) in [6.07, 6.45) is 7.67. The summed E-state index contributed by atoms with van der Waals surface area (Å²) in [5.74, 6) is 0.523. The summed E-state index contributed by atoms with van der Waals surface area (Å²) >= 11 is 0. The van der Waals surface area contributed by atoms with E-state index in [1.165, 1.54) is 25.7 Å². The zero-order chi connectivity index (χ0) is 16.8. The van der Waals surface area contributed by atoms with Crippen LogP contribution in [0.1, 0.15) is 51.9 Å². The van der Waals surface area contributed by atoms with Crippen LogP contribution < -0.4 is 4.74 Å². The van der Waals surface area contributed by atoms with E-state index in [0.29, 0.717) is 12.2 Å². The molecule has 0 fully saturated rings. The molecule has 0 radical (unpaired) electrons. The Hall–Kier alpha value is -0.440. The first kappa shape index (κ1) is 24.8. The molecule has 1 aromatic rings. The fourth-order valence-corrected chi connectivity index (χ4v) is 1.72. The first-order valence-electron chi connectivity index (χ1n) is 7.28. The Morgan fingerprint density at radius 3 is 2.00 bits per heavy atom. The molecule has 1 rings (SSSR count). The molecule has 8 heteroatoms. The van der Waals surface area contributed by atoms with E-state index in [4.69, 9.17) is 22.3 Å². The van der Waals surface area contributed by atoms with E-state index < -0.39 is 10.4 Å². The molecule has 0 bridgehead atoms. The Kier molecular flexibility index (Phi) is 16.3. The number of hydrogen-bond donors (Lipinski definition) is 2. The van der Waals surface area contributed by atoms with Crippen molar-refractivity contribution >= 4 is 45.9 Å². The van der Waals surface area contributed by atoms with Crippen LogP contribution in [0.25, 0.3) is 0 Å². The quantitative estimate of drug-likeness (QED) is 0.244. The minimum atomic E-state index is -4.67. The summed E-state index contributed by atoms with van der Waals surface area (Å²) in [5, 5.41) is 0. The van der Waals surface area contributed by atoms with Crippen LogP contribution >= 0.6 is 0 Å². The third kappa shape index (κ3) is 21.6. The molecule has 23 heavy (non-hydrogen) atoms. The standard InChI is InChI=1S/C15H22O2.Na.H2O4S.H/c1-2-3-4-5-6-10-13-15(16)17-14-11-8-7-9-12-14;;1-5(2,3)4;/h7-9,11-12H,2-6,10,13H2,1H3;;(H2,1,2,3,4);. The van der Waals surface area contributed by atoms with Crippen molar-refractivity contribution in [2.24, 2.45) is 0 Å². The van der Waals surface area contributed by atoms with E-state index in [2.05, 4.69) is 6.92 Å². The van der Waals surface area contributed by atoms with Gasteiger partial charge in [-0.15, -0.1) is 0 Å². The Morgan fingerprint density at radius 2 is 1.48 bits per heavy atom. The number of carbonyl (C=O) groups excluding carboxylic acids is 1. The molecule has 0 saturated heterocycles. The van der Waals surface area contributed by atoms with Gasteiger partial charge in [-0.05, 0) is 18.6 Å². The van der Waals surface area contributed by atoms with Crippen molar-refractivity contribution in [1.29, 1.82) is 0 Å². The summed E-state index contributed by atoms with van der Waals surface area (Å²) in [7, 11) is -4.67. The Balaban J connectivity index is 0. The van der Waals surface area contributed by atoms with Gasteiger partial charge in [0.2, 0.25) is 0 Å². The molecule has 0 heterocycles. The van der Waals surface area contributed by atoms with Gasteiger partial charge in [-0.25, -0.2) is 0 Å². The van der Waals surface area contributed by atoms with Crippen LogP contribution in [-0.2, 0) is 15.2 Å². The third-order valence-electron chi connectivity index (χ3n) is 2.71. The van der Waals surface area contributed by atoms with Gasteiger partial charge >= 0.3 is 45.9 Å². The predicted molar refractivity (Wildman–Crippen MR) is 91.4 cm³/mol. The summed E-state index contributed by atoms with van der Waals surface area (Å²) in [6, 6.07) is 9.25. The van der Waals surface area contributed by atoms with Crippen LogP contribution in [0.2, 0.25) is 0 Å². The first-order valence-corrected chi connectivity index (χ1v) is 8.68. The van der Waals surface area contributed by atoms with E-state index >= 15 is 0 Å². The second kappa shape index (κ2) is 15.1. The number of hydrogen-bond acceptors (Lipinski definition) is 4. The third-order valence-corrected chi connectivity index (χ3v) is 2.71. The Bertz CT molecular complexity index is 496. The molecule has 1 aromatic carbocycles. The van der Waals surface area contributed by atoms with Crippen LogP contribution in [-0.4, -0.2) is 53.0 Å². The van der Waals surface area contributed by atoms with E-state index in [-0.39, 0.29) is 35.5 Å². The van der Waals surface area contributed by atoms with Gasteiger partial charge in [0, 0.05) is 6.42 Å². The molecule has 2 N–H and O–H groups in total. The van der Waals surface area contributed by atoms with Gasteiger partial charge in [-0.3, -0.25) is 13.9 Å². The zero-order valence-electron chi connectivity index (χ0n) is 12.8. The minimum absolute atomic E-state index is 0. The Labute approximate surface area is 160 Å². The second-order valence-corrected chi connectivity index (χ2v) is 5.65. The van der Waals surface area contributed by atoms with Gasteiger partial charge in [-0.2, -0.15) is 8.42 Å². The van der Waals surface area contributed by atoms with Crippen molar-refractivity contribution in [3.8, 4) is 5.75 Å². The molecule has 0 aliphatic carbocycles. The monoisotopic (exact) mass is 356 g/mol. The fraction of sp³-hybridized carbons (Fsp3) is 0.533. The molecule has 128 valence electrons. The van der Waals surface area contributed by atoms with E-state index in [0.717, 1.165) is 12.8 Å². The number of rotatable bonds is 8. The molecule has 0 saturated carbocycles. The molecular formula is C15H25NaO6S. The summed E-state index contributed by atoms with van der Waals surface area (Å²) in [6.45, 7) is 2.21. The van der Waals surface area contributed by atoms with Crippen LogP contribution in [0.5, 0.6) is 5.75 Å². The van der Waals surface area contributed by atoms with Gasteiger partial charge in [0.1, 0.15) is 5.75 Å². The molecule has 0 spiro atoms. The summed E-state index contributed by atoms with van der Waals surface area (Å²) in [5.41, 5.74) is 0. The number of para-hydroxylation sites is 1. The molecule has 0 atom stereocenters. The number of ether oxygens (including phenoxy) is 1. The normalized spacial score (nSPS) is 10.0. The molecule has 0 amide bonds. The second-order valence-electron chi connectivity index (χ2n) is 4.75. The van der Waals surface area contributed by atoms with E-state index in [1.54, 1.807) is 12.1 Å². The van der Waals surface area contributed by atoms with Gasteiger partial charge in [-0.1, -0.05) is 57.2 Å². The fourth-order valence-electron chi connectivity index (χ4n) is 1.72. The first-order chi connectivity index (χ1) is 10.3. The Morgan fingerprint density at radius 1 is 1.00 bits per heavy atom. The van der Waals surface area contributed by atoms with Crippen molar-refractivity contribution in [1.82, 2.24) is 0 Å². The van der Waals surface area contributed by atoms with Gasteiger partial charge in [0.25, 0.3) is 0 Å². The maximum absolute atomic E-state index is 11.5. The van der Waals surface area contributed by atoms with Crippen molar-refractivity contribution in [2.75, 3.05) is 0 Å². The van der Waals surface area contributed by atoms with Crippen molar-refractivity contribution < 1.29 is 27.1 Å². The van der Waals surface area contributed by atoms with Crippen LogP contribution in [0.15, 0.2) is 30.3 Å². The van der Waals surface area contributed by atoms with Gasteiger partial charge < -0.3 is 4.74 Å². The topological polar surface area (TPSA) is 101 Å². The summed E-state index contributed by atoms with van der Waals surface area (Å²) in [4.78, 5) is 11.5. The van der Waals surface area contributed by atoms with Gasteiger partial charge in [0.15, 0.2) is 0 Å². The van der Waals surface area contributed by atoms with E-state index in [9.17, 15) is 4.79 Å². The summed E-state index contributed by atoms with van der Waals surface area (Å²) < 4.78 is 36.8. The zero-order valence-corrected chi connectivity index (χ0v) is 13.6. The van der Waals surface area contributed by atoms with Crippen LogP contribution in [0.3, 0.4) is 0 Å². The average molecular weight is 356 g/mol. The molecule has 0 aromatic heterocycles. The predicted octanol–water partition coefficient (Wildman–Crippen LogP) is 3.04. The van der Waals surface area contributed by atoms with Crippen LogP contribution in [0, 0.1) is 0 Å². The average Bonchev–Trinajstić information content (AvgIpc) is 2.42. The number of benzene rings is 1. The SMILES string of the molecule is CCCCCCCCC(=O)Oc1ccccc1.O=S(=O)(O)O.[NaH]. The maximum atomic E-state index is 11.5. The van der Waals surface area contributed by atoms with Crippen molar-refractivity contribution in [3.63, 3.8) is 0 Å². The molecular weight excluding hydrogens is 331 g/mol. The van der Waals surface area contributed by atoms with Crippen molar-refractivity contribution in [3.05, 3.63) is 30.3 Å². The molecule has 0 aliphatic heterocycles. The van der Waals surface area contributed by atoms with E-state index in [1.807, 2.05) is 18.2 Å². The molecule has 6 nitrogen and oxygen atoms in total. The van der Waals surface area contributed by atoms with Gasteiger partial charge in [0.05, 0.1) is 0 Å². The number of unbranched alkanes of at least 4 members (excludes halogenated alkanes) is 5. The van der Waals surface area contributed by atoms with Crippen LogP contribution in [0.4, 0.5) is 0 Å². The number of esters is 1. The molecule has 0 unspecified atom stereocenters.